The van der Waals surface area contributed by atoms with Crippen LogP contribution in [0, 0.1) is 0 Å². The average molecular weight is 362 g/mol. The van der Waals surface area contributed by atoms with Crippen molar-refractivity contribution in [2.45, 2.75) is 0 Å². The summed E-state index contributed by atoms with van der Waals surface area (Å²) in [5.74, 6) is 0.676. The monoisotopic (exact) mass is 360 g/mol. The highest BCUT2D eigenvalue weighted by Crippen LogP contribution is 2.38. The maximum absolute atomic E-state index is 12.4. The van der Waals surface area contributed by atoms with Gasteiger partial charge in [0.05, 0.1) is 28.4 Å². The molecule has 0 aliphatic carbocycles. The van der Waals surface area contributed by atoms with Crippen molar-refractivity contribution in [1.29, 1.82) is 0 Å². The number of carbonyl (C=O) groups excluding carboxylic acids is 1. The van der Waals surface area contributed by atoms with Gasteiger partial charge in [-0.25, -0.2) is 0 Å². The van der Waals surface area contributed by atoms with Gasteiger partial charge in [0.25, 0.3) is 0 Å². The van der Waals surface area contributed by atoms with Crippen LogP contribution in [0.3, 0.4) is 0 Å². The minimum atomic E-state index is -0.128. The van der Waals surface area contributed by atoms with E-state index in [1.165, 1.54) is 25.6 Å². The Balaban J connectivity index is 2.50. The number of ketones is 1. The maximum atomic E-state index is 12.4. The normalized spacial score (nSPS) is 10.3. The average Bonchev–Trinajstić information content (AvgIpc) is 2.84. The van der Waals surface area contributed by atoms with E-state index in [9.17, 15) is 4.79 Å². The Kier molecular flexibility index (Phi) is 4.50. The van der Waals surface area contributed by atoms with Crippen LogP contribution >= 0.6 is 38.9 Å². The summed E-state index contributed by atoms with van der Waals surface area (Å²) in [6.07, 6.45) is 0. The summed E-state index contributed by atoms with van der Waals surface area (Å²) in [5, 5.41) is 0.298. The lowest BCUT2D eigenvalue weighted by molar-refractivity contribution is 0.103. The zero-order valence-electron chi connectivity index (χ0n) is 10.2. The summed E-state index contributed by atoms with van der Waals surface area (Å²) in [7, 11) is 2.99. The summed E-state index contributed by atoms with van der Waals surface area (Å²) < 4.78 is 11.2. The van der Waals surface area contributed by atoms with Gasteiger partial charge in [-0.15, -0.1) is 11.3 Å². The van der Waals surface area contributed by atoms with Gasteiger partial charge in [-0.1, -0.05) is 11.6 Å². The zero-order valence-corrected chi connectivity index (χ0v) is 13.4. The van der Waals surface area contributed by atoms with E-state index in [0.717, 1.165) is 3.79 Å². The van der Waals surface area contributed by atoms with Crippen molar-refractivity contribution < 1.29 is 14.3 Å². The molecular weight excluding hydrogens is 352 g/mol. The van der Waals surface area contributed by atoms with E-state index < -0.39 is 0 Å². The van der Waals surface area contributed by atoms with Gasteiger partial charge < -0.3 is 9.47 Å². The topological polar surface area (TPSA) is 35.5 Å². The van der Waals surface area contributed by atoms with Crippen molar-refractivity contribution in [3.05, 3.63) is 43.5 Å². The molecule has 0 fully saturated rings. The molecule has 0 saturated carbocycles. The van der Waals surface area contributed by atoms with Crippen molar-refractivity contribution >= 4 is 44.7 Å². The summed E-state index contributed by atoms with van der Waals surface area (Å²) in [5.41, 5.74) is 0.419. The number of ether oxygens (including phenoxy) is 2. The molecule has 1 heterocycles. The predicted octanol–water partition coefficient (Wildman–Crippen LogP) is 4.41. The first-order valence-electron chi connectivity index (χ1n) is 5.29. The van der Waals surface area contributed by atoms with Gasteiger partial charge in [-0.3, -0.25) is 4.79 Å². The molecule has 2 rings (SSSR count). The molecule has 3 nitrogen and oxygen atoms in total. The third-order valence-corrected chi connectivity index (χ3v) is 4.51. The Labute approximate surface area is 128 Å². The predicted molar refractivity (Wildman–Crippen MR) is 80.0 cm³/mol. The lowest BCUT2D eigenvalue weighted by Gasteiger charge is -2.11. The molecule has 0 saturated heterocycles. The highest BCUT2D eigenvalue weighted by molar-refractivity contribution is 9.11. The van der Waals surface area contributed by atoms with E-state index >= 15 is 0 Å². The number of methoxy groups -OCH3 is 2. The lowest BCUT2D eigenvalue weighted by atomic mass is 10.1. The molecule has 0 radical (unpaired) electrons. The minimum Gasteiger partial charge on any atom is -0.495 e. The Hall–Kier alpha value is -1.04. The van der Waals surface area contributed by atoms with Crippen molar-refractivity contribution in [3.8, 4) is 11.5 Å². The highest BCUT2D eigenvalue weighted by Gasteiger charge is 2.20. The molecule has 0 unspecified atom stereocenters. The first-order chi connectivity index (χ1) is 9.08. The van der Waals surface area contributed by atoms with Crippen molar-refractivity contribution in [1.82, 2.24) is 0 Å². The first kappa shape index (κ1) is 14.4. The van der Waals surface area contributed by atoms with E-state index in [4.69, 9.17) is 21.1 Å². The summed E-state index contributed by atoms with van der Waals surface area (Å²) in [4.78, 5) is 13.0. The third-order valence-electron chi connectivity index (χ3n) is 2.53. The molecule has 100 valence electrons. The quantitative estimate of drug-likeness (QED) is 0.757. The highest BCUT2D eigenvalue weighted by atomic mass is 79.9. The van der Waals surface area contributed by atoms with Crippen molar-refractivity contribution in [2.75, 3.05) is 14.2 Å². The van der Waals surface area contributed by atoms with Crippen LogP contribution in [0.1, 0.15) is 15.2 Å². The molecule has 0 bridgehead atoms. The van der Waals surface area contributed by atoms with E-state index in [0.29, 0.717) is 27.0 Å². The van der Waals surface area contributed by atoms with Crippen molar-refractivity contribution in [2.24, 2.45) is 0 Å². The maximum Gasteiger partial charge on any atom is 0.206 e. The molecule has 2 aromatic rings. The lowest BCUT2D eigenvalue weighted by Crippen LogP contribution is -2.03. The molecule has 1 aromatic carbocycles. The smallest absolute Gasteiger partial charge is 0.206 e. The molecule has 1 aromatic heterocycles. The summed E-state index contributed by atoms with van der Waals surface area (Å²) in [6, 6.07) is 6.89. The molecule has 0 spiro atoms. The van der Waals surface area contributed by atoms with E-state index in [1.54, 1.807) is 18.2 Å². The summed E-state index contributed by atoms with van der Waals surface area (Å²) in [6.45, 7) is 0. The van der Waals surface area contributed by atoms with Gasteiger partial charge in [0.1, 0.15) is 10.8 Å². The number of hydrogen-bond donors (Lipinski definition) is 0. The summed E-state index contributed by atoms with van der Waals surface area (Å²) >= 11 is 10.8. The number of hydrogen-bond acceptors (Lipinski definition) is 4. The zero-order chi connectivity index (χ0) is 14.0. The fourth-order valence-electron chi connectivity index (χ4n) is 1.64. The minimum absolute atomic E-state index is 0.128. The Morgan fingerprint density at radius 1 is 1.21 bits per heavy atom. The Morgan fingerprint density at radius 2 is 1.95 bits per heavy atom. The van der Waals surface area contributed by atoms with Crippen LogP contribution in [-0.2, 0) is 0 Å². The van der Waals surface area contributed by atoms with Crippen LogP contribution < -0.4 is 9.47 Å². The third kappa shape index (κ3) is 2.78. The van der Waals surface area contributed by atoms with Gasteiger partial charge in [0.2, 0.25) is 5.78 Å². The van der Waals surface area contributed by atoms with Crippen LogP contribution in [0.15, 0.2) is 28.1 Å². The molecule has 0 aliphatic rings. The van der Waals surface area contributed by atoms with Gasteiger partial charge >= 0.3 is 0 Å². The molecule has 0 amide bonds. The van der Waals surface area contributed by atoms with Gasteiger partial charge in [-0.2, -0.15) is 0 Å². The molecular formula is C13H10BrClO3S. The molecule has 0 aliphatic heterocycles. The van der Waals surface area contributed by atoms with Crippen molar-refractivity contribution in [3.63, 3.8) is 0 Å². The van der Waals surface area contributed by atoms with Crippen LogP contribution in [0.2, 0.25) is 5.02 Å². The largest absolute Gasteiger partial charge is 0.495 e. The van der Waals surface area contributed by atoms with E-state index in [1.807, 2.05) is 6.07 Å². The van der Waals surface area contributed by atoms with Gasteiger partial charge in [0, 0.05) is 0 Å². The van der Waals surface area contributed by atoms with Gasteiger partial charge in [-0.05, 0) is 40.2 Å². The molecule has 6 heteroatoms. The number of rotatable bonds is 4. The van der Waals surface area contributed by atoms with Crippen LogP contribution in [0.5, 0.6) is 11.5 Å². The fourth-order valence-corrected chi connectivity index (χ4v) is 3.30. The second kappa shape index (κ2) is 5.94. The second-order valence-corrected chi connectivity index (χ2v) is 6.44. The van der Waals surface area contributed by atoms with Gasteiger partial charge in [0.15, 0.2) is 5.75 Å². The van der Waals surface area contributed by atoms with E-state index in [-0.39, 0.29) is 5.78 Å². The van der Waals surface area contributed by atoms with Crippen LogP contribution in [-0.4, -0.2) is 20.0 Å². The molecule has 0 N–H and O–H groups in total. The fraction of sp³-hybridized carbons (Fsp3) is 0.154. The van der Waals surface area contributed by atoms with Crippen LogP contribution in [0.4, 0.5) is 0 Å². The number of benzene rings is 1. The SMILES string of the molecule is COc1ccc(C(=O)c2ccc(Br)s2)c(OC)c1Cl. The number of thiophene rings is 1. The standard InChI is InChI=1S/C13H10BrClO3S/c1-17-8-4-3-7(13(18-2)11(8)15)12(16)9-5-6-10(14)19-9/h3-6H,1-2H3. The number of halogens is 2. The number of carbonyl (C=O) groups is 1. The van der Waals surface area contributed by atoms with E-state index in [2.05, 4.69) is 15.9 Å². The van der Waals surface area contributed by atoms with Crippen LogP contribution in [0.25, 0.3) is 0 Å². The second-order valence-electron chi connectivity index (χ2n) is 3.60. The first-order valence-corrected chi connectivity index (χ1v) is 7.27. The Bertz CT molecular complexity index is 624. The molecule has 0 atom stereocenters. The molecule has 19 heavy (non-hydrogen) atoms. The Morgan fingerprint density at radius 3 is 2.47 bits per heavy atom.